The molecule has 6 nitrogen and oxygen atoms in total. The molecule has 1 saturated heterocycles. The first-order chi connectivity index (χ1) is 14.5. The lowest BCUT2D eigenvalue weighted by molar-refractivity contribution is -0.128. The highest BCUT2D eigenvalue weighted by atomic mass is 19.1. The fraction of sp³-hybridized carbons (Fsp3) is 0.348. The molecule has 1 amide bonds. The number of hydrogen-bond donors (Lipinski definition) is 1. The maximum Gasteiger partial charge on any atom is 0.231 e. The number of carbonyl (C=O) groups is 1. The van der Waals surface area contributed by atoms with Crippen LogP contribution in [0.25, 0.3) is 0 Å². The van der Waals surface area contributed by atoms with Gasteiger partial charge in [-0.25, -0.2) is 4.39 Å². The van der Waals surface area contributed by atoms with E-state index in [-0.39, 0.29) is 11.7 Å². The lowest BCUT2D eigenvalue weighted by Gasteiger charge is -2.42. The molecule has 2 aromatic rings. The second-order valence-electron chi connectivity index (χ2n) is 7.65. The summed E-state index contributed by atoms with van der Waals surface area (Å²) in [4.78, 5) is 21.2. The summed E-state index contributed by atoms with van der Waals surface area (Å²) in [6, 6.07) is 15.9. The van der Waals surface area contributed by atoms with Crippen LogP contribution in [0.4, 0.5) is 4.39 Å². The van der Waals surface area contributed by atoms with Crippen LogP contribution < -0.4 is 5.32 Å². The number of halogens is 1. The lowest BCUT2D eigenvalue weighted by atomic mass is 9.72. The molecule has 30 heavy (non-hydrogen) atoms. The zero-order chi connectivity index (χ0) is 21.6. The number of rotatable bonds is 4. The van der Waals surface area contributed by atoms with Crippen LogP contribution in [0, 0.1) is 17.3 Å². The van der Waals surface area contributed by atoms with E-state index < -0.39 is 5.41 Å². The average molecular weight is 407 g/mol. The zero-order valence-electron chi connectivity index (χ0n) is 17.3. The molecule has 1 N–H and O–H groups in total. The van der Waals surface area contributed by atoms with Crippen LogP contribution >= 0.6 is 0 Å². The second-order valence-corrected chi connectivity index (χ2v) is 7.65. The van der Waals surface area contributed by atoms with Gasteiger partial charge in [-0.15, -0.1) is 4.99 Å². The van der Waals surface area contributed by atoms with Crippen molar-refractivity contribution in [1.29, 1.82) is 5.26 Å². The first-order valence-corrected chi connectivity index (χ1v) is 9.93. The van der Waals surface area contributed by atoms with E-state index in [1.165, 1.54) is 12.1 Å². The number of amides is 1. The van der Waals surface area contributed by atoms with Gasteiger partial charge in [-0.1, -0.05) is 42.5 Å². The van der Waals surface area contributed by atoms with E-state index in [4.69, 9.17) is 5.26 Å². The fourth-order valence-electron chi connectivity index (χ4n) is 3.94. The normalized spacial score (nSPS) is 15.9. The molecule has 0 atom stereocenters. The molecule has 1 aliphatic rings. The third-order valence-electron chi connectivity index (χ3n) is 5.58. The van der Waals surface area contributed by atoms with Crippen molar-refractivity contribution in [3.8, 4) is 6.19 Å². The summed E-state index contributed by atoms with van der Waals surface area (Å²) in [5.41, 5.74) is 1.16. The van der Waals surface area contributed by atoms with E-state index in [9.17, 15) is 9.18 Å². The molecule has 1 aliphatic heterocycles. The standard InChI is InChI=1S/C23H26FN5O/c1-28(2)22(27-17-25)29-14-12-23(13-15-29,19-6-4-3-5-7-19)21(30)26-16-18-8-10-20(24)11-9-18/h3-11H,12-16H2,1-2H3,(H,26,30)/b27-22+. The van der Waals surface area contributed by atoms with E-state index in [1.807, 2.05) is 60.4 Å². The summed E-state index contributed by atoms with van der Waals surface area (Å²) in [5, 5.41) is 12.0. The van der Waals surface area contributed by atoms with Gasteiger partial charge in [-0.2, -0.15) is 5.26 Å². The molecule has 3 rings (SSSR count). The van der Waals surface area contributed by atoms with Crippen molar-refractivity contribution < 1.29 is 9.18 Å². The molecule has 0 bridgehead atoms. The molecule has 0 saturated carbocycles. The highest BCUT2D eigenvalue weighted by molar-refractivity contribution is 5.89. The Morgan fingerprint density at radius 2 is 1.80 bits per heavy atom. The predicted octanol–water partition coefficient (Wildman–Crippen LogP) is 2.87. The predicted molar refractivity (Wildman–Crippen MR) is 114 cm³/mol. The van der Waals surface area contributed by atoms with Gasteiger partial charge in [-0.3, -0.25) is 4.79 Å². The zero-order valence-corrected chi connectivity index (χ0v) is 17.3. The first kappa shape index (κ1) is 21.3. The molecule has 0 spiro atoms. The van der Waals surface area contributed by atoms with Crippen molar-refractivity contribution in [1.82, 2.24) is 15.1 Å². The average Bonchev–Trinajstić information content (AvgIpc) is 2.77. The van der Waals surface area contributed by atoms with E-state index in [2.05, 4.69) is 10.3 Å². The van der Waals surface area contributed by atoms with Gasteiger partial charge >= 0.3 is 0 Å². The molecule has 0 aromatic heterocycles. The Balaban J connectivity index is 1.80. The van der Waals surface area contributed by atoms with Crippen LogP contribution in [0.3, 0.4) is 0 Å². The van der Waals surface area contributed by atoms with E-state index in [1.54, 1.807) is 12.1 Å². The number of piperidine rings is 1. The topological polar surface area (TPSA) is 71.7 Å². The van der Waals surface area contributed by atoms with E-state index >= 15 is 0 Å². The molecule has 0 radical (unpaired) electrons. The summed E-state index contributed by atoms with van der Waals surface area (Å²) in [7, 11) is 3.70. The van der Waals surface area contributed by atoms with Crippen LogP contribution in [0.15, 0.2) is 59.6 Å². The van der Waals surface area contributed by atoms with Crippen LogP contribution in [0.5, 0.6) is 0 Å². The van der Waals surface area contributed by atoms with Gasteiger partial charge in [-0.05, 0) is 36.1 Å². The van der Waals surface area contributed by atoms with Gasteiger partial charge < -0.3 is 15.1 Å². The van der Waals surface area contributed by atoms with Crippen molar-refractivity contribution in [2.45, 2.75) is 24.8 Å². The van der Waals surface area contributed by atoms with Crippen molar-refractivity contribution in [3.63, 3.8) is 0 Å². The van der Waals surface area contributed by atoms with Crippen LogP contribution in [-0.4, -0.2) is 48.9 Å². The van der Waals surface area contributed by atoms with Crippen molar-refractivity contribution >= 4 is 11.9 Å². The quantitative estimate of drug-likeness (QED) is 0.481. The minimum absolute atomic E-state index is 0.0405. The Kier molecular flexibility index (Phi) is 6.68. The Hall–Kier alpha value is -3.40. The van der Waals surface area contributed by atoms with Gasteiger partial charge in [0.05, 0.1) is 5.41 Å². The summed E-state index contributed by atoms with van der Waals surface area (Å²) in [6.07, 6.45) is 3.07. The van der Waals surface area contributed by atoms with Crippen molar-refractivity contribution in [2.75, 3.05) is 27.2 Å². The van der Waals surface area contributed by atoms with Gasteiger partial charge in [0.2, 0.25) is 18.1 Å². The van der Waals surface area contributed by atoms with Gasteiger partial charge in [0, 0.05) is 33.7 Å². The number of carbonyl (C=O) groups excluding carboxylic acids is 1. The Labute approximate surface area is 176 Å². The Morgan fingerprint density at radius 1 is 1.17 bits per heavy atom. The molecule has 7 heteroatoms. The maximum absolute atomic E-state index is 13.4. The highest BCUT2D eigenvalue weighted by Gasteiger charge is 2.43. The van der Waals surface area contributed by atoms with Gasteiger partial charge in [0.1, 0.15) is 5.82 Å². The van der Waals surface area contributed by atoms with Crippen LogP contribution in [0.2, 0.25) is 0 Å². The summed E-state index contributed by atoms with van der Waals surface area (Å²) < 4.78 is 13.1. The molecule has 0 unspecified atom stereocenters. The van der Waals surface area contributed by atoms with Gasteiger partial charge in [0.15, 0.2) is 0 Å². The molecule has 1 heterocycles. The minimum Gasteiger partial charge on any atom is -0.351 e. The second kappa shape index (κ2) is 9.40. The summed E-state index contributed by atoms with van der Waals surface area (Å²) in [5.74, 6) is 0.265. The number of nitrogens with one attached hydrogen (secondary N) is 1. The maximum atomic E-state index is 13.4. The molecule has 156 valence electrons. The molecular weight excluding hydrogens is 381 g/mol. The highest BCUT2D eigenvalue weighted by Crippen LogP contribution is 2.36. The number of guanidine groups is 1. The lowest BCUT2D eigenvalue weighted by Crippen LogP contribution is -2.54. The monoisotopic (exact) mass is 407 g/mol. The number of nitrogens with zero attached hydrogens (tertiary/aromatic N) is 4. The fourth-order valence-corrected chi connectivity index (χ4v) is 3.94. The van der Waals surface area contributed by atoms with Gasteiger partial charge in [0.25, 0.3) is 0 Å². The molecule has 1 fully saturated rings. The minimum atomic E-state index is -0.665. The molecular formula is C23H26FN5O. The Morgan fingerprint density at radius 3 is 2.37 bits per heavy atom. The third kappa shape index (κ3) is 4.60. The van der Waals surface area contributed by atoms with Crippen molar-refractivity contribution in [2.24, 2.45) is 4.99 Å². The van der Waals surface area contributed by atoms with Crippen LogP contribution in [-0.2, 0) is 16.8 Å². The van der Waals surface area contributed by atoms with Crippen molar-refractivity contribution in [3.05, 3.63) is 71.5 Å². The number of hydrogen-bond acceptors (Lipinski definition) is 3. The number of aliphatic imine (C=N–C) groups is 1. The SMILES string of the molecule is CN(C)/C(=N\C#N)N1CCC(C(=O)NCc2ccc(F)cc2)(c2ccccc2)CC1. The van der Waals surface area contributed by atoms with E-state index in [0.29, 0.717) is 38.4 Å². The summed E-state index contributed by atoms with van der Waals surface area (Å²) in [6.45, 7) is 1.56. The largest absolute Gasteiger partial charge is 0.351 e. The van der Waals surface area contributed by atoms with Crippen LogP contribution in [0.1, 0.15) is 24.0 Å². The van der Waals surface area contributed by atoms with E-state index in [0.717, 1.165) is 11.1 Å². The Bertz CT molecular complexity index is 926. The first-order valence-electron chi connectivity index (χ1n) is 9.93. The summed E-state index contributed by atoms with van der Waals surface area (Å²) >= 11 is 0. The number of likely N-dealkylation sites (tertiary alicyclic amines) is 1. The molecule has 0 aliphatic carbocycles. The smallest absolute Gasteiger partial charge is 0.231 e. The number of benzene rings is 2. The third-order valence-corrected chi connectivity index (χ3v) is 5.58. The molecule has 2 aromatic carbocycles. The number of nitriles is 1.